The molecule has 0 aliphatic carbocycles. The lowest BCUT2D eigenvalue weighted by Gasteiger charge is -2.40. The number of likely N-dealkylation sites (N-methyl/N-ethyl adjacent to an activating group) is 1. The highest BCUT2D eigenvalue weighted by atomic mass is 32.2. The Morgan fingerprint density at radius 3 is 2.48 bits per heavy atom. The second-order valence-electron chi connectivity index (χ2n) is 7.37. The highest BCUT2D eigenvalue weighted by molar-refractivity contribution is 7.91. The Bertz CT molecular complexity index is 775. The first-order chi connectivity index (χ1) is 12.8. The molecule has 8 heteroatoms. The fourth-order valence-corrected chi connectivity index (χ4v) is 5.82. The quantitative estimate of drug-likeness (QED) is 0.799. The van der Waals surface area contributed by atoms with Crippen LogP contribution in [0.15, 0.2) is 24.3 Å². The van der Waals surface area contributed by atoms with Gasteiger partial charge in [0.25, 0.3) is 0 Å². The zero-order valence-electron chi connectivity index (χ0n) is 16.0. The number of nitrogens with zero attached hydrogens (tertiary/aromatic N) is 3. The van der Waals surface area contributed by atoms with Crippen molar-refractivity contribution in [1.29, 1.82) is 0 Å². The summed E-state index contributed by atoms with van der Waals surface area (Å²) >= 11 is 0. The van der Waals surface area contributed by atoms with Crippen molar-refractivity contribution in [2.24, 2.45) is 0 Å². The fourth-order valence-electron chi connectivity index (χ4n) is 4.09. The number of aromatic hydroxyl groups is 1. The molecule has 1 aromatic rings. The fraction of sp³-hybridized carbons (Fsp3) is 0.632. The number of carbonyl (C=O) groups is 1. The van der Waals surface area contributed by atoms with Crippen LogP contribution in [0.25, 0.3) is 0 Å². The molecule has 2 saturated heterocycles. The number of phenols is 1. The second kappa shape index (κ2) is 8.06. The maximum absolute atomic E-state index is 13.0. The van der Waals surface area contributed by atoms with Crippen molar-refractivity contribution in [3.05, 3.63) is 24.3 Å². The molecule has 7 nitrogen and oxygen atoms in total. The van der Waals surface area contributed by atoms with Crippen molar-refractivity contribution in [3.63, 3.8) is 0 Å². The van der Waals surface area contributed by atoms with Gasteiger partial charge in [0, 0.05) is 38.8 Å². The van der Waals surface area contributed by atoms with Crippen LogP contribution in [0, 0.1) is 0 Å². The van der Waals surface area contributed by atoms with Gasteiger partial charge in [0.1, 0.15) is 5.75 Å². The summed E-state index contributed by atoms with van der Waals surface area (Å²) in [5.74, 6) is 0.542. The van der Waals surface area contributed by atoms with E-state index in [1.54, 1.807) is 17.0 Å². The van der Waals surface area contributed by atoms with Gasteiger partial charge in [-0.3, -0.25) is 9.69 Å². The summed E-state index contributed by atoms with van der Waals surface area (Å²) < 4.78 is 23.6. The molecule has 1 amide bonds. The maximum atomic E-state index is 13.0. The molecule has 2 aliphatic rings. The molecular formula is C19H29N3O4S. The van der Waals surface area contributed by atoms with Crippen LogP contribution in [-0.2, 0) is 14.6 Å². The number of hydrogen-bond donors (Lipinski definition) is 1. The number of phenolic OH excluding ortho intramolecular Hbond substituents is 1. The monoisotopic (exact) mass is 395 g/mol. The van der Waals surface area contributed by atoms with Crippen LogP contribution >= 0.6 is 0 Å². The molecule has 2 fully saturated rings. The van der Waals surface area contributed by atoms with E-state index in [9.17, 15) is 18.3 Å². The highest BCUT2D eigenvalue weighted by Gasteiger charge is 2.37. The lowest BCUT2D eigenvalue weighted by Crippen LogP contribution is -2.56. The molecular weight excluding hydrogens is 366 g/mol. The van der Waals surface area contributed by atoms with Gasteiger partial charge in [0.2, 0.25) is 5.91 Å². The van der Waals surface area contributed by atoms with Crippen LogP contribution in [0.2, 0.25) is 0 Å². The van der Waals surface area contributed by atoms with Crippen molar-refractivity contribution in [2.45, 2.75) is 32.4 Å². The summed E-state index contributed by atoms with van der Waals surface area (Å²) in [7, 11) is -3.01. The van der Waals surface area contributed by atoms with Gasteiger partial charge < -0.3 is 14.9 Å². The number of para-hydroxylation sites is 2. The highest BCUT2D eigenvalue weighted by Crippen LogP contribution is 2.27. The van der Waals surface area contributed by atoms with Gasteiger partial charge in [-0.05, 0) is 32.4 Å². The van der Waals surface area contributed by atoms with E-state index in [0.717, 1.165) is 31.9 Å². The minimum atomic E-state index is -3.01. The Morgan fingerprint density at radius 2 is 1.93 bits per heavy atom. The molecule has 2 atom stereocenters. The van der Waals surface area contributed by atoms with Crippen LogP contribution < -0.4 is 4.90 Å². The van der Waals surface area contributed by atoms with E-state index in [2.05, 4.69) is 9.80 Å². The number of amides is 1. The van der Waals surface area contributed by atoms with E-state index in [4.69, 9.17) is 0 Å². The minimum absolute atomic E-state index is 0.00982. The molecule has 150 valence electrons. The number of hydrogen-bond acceptors (Lipinski definition) is 6. The molecule has 0 radical (unpaired) electrons. The standard InChI is InChI=1S/C19H29N3O4S/c1-3-22(16-8-13-27(25,26)14-16)19(24)15(2)20-9-11-21(12-10-20)17-6-4-5-7-18(17)23/h4-7,15-16,23H,3,8-14H2,1-2H3/t15-,16+/m1/s1. The van der Waals surface area contributed by atoms with Crippen LogP contribution in [0.3, 0.4) is 0 Å². The smallest absolute Gasteiger partial charge is 0.239 e. The summed E-state index contributed by atoms with van der Waals surface area (Å²) in [5.41, 5.74) is 0.822. The van der Waals surface area contributed by atoms with Gasteiger partial charge >= 0.3 is 0 Å². The molecule has 0 spiro atoms. The number of anilines is 1. The van der Waals surface area contributed by atoms with Crippen LogP contribution in [-0.4, -0.2) is 85.5 Å². The maximum Gasteiger partial charge on any atom is 0.239 e. The van der Waals surface area contributed by atoms with E-state index in [1.807, 2.05) is 26.0 Å². The Morgan fingerprint density at radius 1 is 1.26 bits per heavy atom. The molecule has 27 heavy (non-hydrogen) atoms. The summed E-state index contributed by atoms with van der Waals surface area (Å²) in [6, 6.07) is 6.82. The normalized spacial score (nSPS) is 23.9. The summed E-state index contributed by atoms with van der Waals surface area (Å²) in [5, 5.41) is 10.0. The zero-order chi connectivity index (χ0) is 19.6. The third-order valence-corrected chi connectivity index (χ3v) is 7.47. The summed E-state index contributed by atoms with van der Waals surface area (Å²) in [4.78, 5) is 19.0. The average molecular weight is 396 g/mol. The predicted octanol–water partition coefficient (Wildman–Crippen LogP) is 0.938. The van der Waals surface area contributed by atoms with Crippen molar-refractivity contribution >= 4 is 21.4 Å². The zero-order valence-corrected chi connectivity index (χ0v) is 16.9. The van der Waals surface area contributed by atoms with E-state index < -0.39 is 9.84 Å². The lowest BCUT2D eigenvalue weighted by atomic mass is 10.1. The number of carbonyl (C=O) groups excluding carboxylic acids is 1. The molecule has 2 aliphatic heterocycles. The molecule has 0 unspecified atom stereocenters. The summed E-state index contributed by atoms with van der Waals surface area (Å²) in [6.45, 7) is 7.26. The third kappa shape index (κ3) is 4.38. The van der Waals surface area contributed by atoms with E-state index in [-0.39, 0.29) is 35.2 Å². The van der Waals surface area contributed by atoms with E-state index in [1.165, 1.54) is 0 Å². The topological polar surface area (TPSA) is 81.2 Å². The van der Waals surface area contributed by atoms with Crippen LogP contribution in [0.1, 0.15) is 20.3 Å². The SMILES string of the molecule is CCN(C(=O)[C@@H](C)N1CCN(c2ccccc2O)CC1)[C@H]1CCS(=O)(=O)C1. The first kappa shape index (κ1) is 19.9. The largest absolute Gasteiger partial charge is 0.506 e. The minimum Gasteiger partial charge on any atom is -0.506 e. The van der Waals surface area contributed by atoms with Gasteiger partial charge in [-0.25, -0.2) is 8.42 Å². The van der Waals surface area contributed by atoms with Gasteiger partial charge in [0.15, 0.2) is 9.84 Å². The van der Waals surface area contributed by atoms with E-state index >= 15 is 0 Å². The predicted molar refractivity (Wildman–Crippen MR) is 106 cm³/mol. The van der Waals surface area contributed by atoms with Crippen molar-refractivity contribution in [1.82, 2.24) is 9.80 Å². The molecule has 0 bridgehead atoms. The molecule has 0 saturated carbocycles. The van der Waals surface area contributed by atoms with Gasteiger partial charge in [-0.1, -0.05) is 12.1 Å². The average Bonchev–Trinajstić information content (AvgIpc) is 3.01. The molecule has 1 aromatic carbocycles. The number of sulfone groups is 1. The Kier molecular flexibility index (Phi) is 5.95. The van der Waals surface area contributed by atoms with Gasteiger partial charge in [-0.15, -0.1) is 0 Å². The third-order valence-electron chi connectivity index (χ3n) is 5.71. The first-order valence-electron chi connectivity index (χ1n) is 9.60. The Balaban J connectivity index is 1.60. The first-order valence-corrected chi connectivity index (χ1v) is 11.4. The van der Waals surface area contributed by atoms with Crippen molar-refractivity contribution in [3.8, 4) is 5.75 Å². The van der Waals surface area contributed by atoms with Gasteiger partial charge in [0.05, 0.1) is 23.2 Å². The number of rotatable bonds is 5. The second-order valence-corrected chi connectivity index (χ2v) is 9.60. The number of piperazine rings is 1. The Hall–Kier alpha value is -1.80. The van der Waals surface area contributed by atoms with Crippen molar-refractivity contribution < 1.29 is 18.3 Å². The molecule has 0 aromatic heterocycles. The molecule has 1 N–H and O–H groups in total. The summed E-state index contributed by atoms with van der Waals surface area (Å²) in [6.07, 6.45) is 0.537. The lowest BCUT2D eigenvalue weighted by molar-refractivity contribution is -0.138. The number of benzene rings is 1. The molecule has 3 rings (SSSR count). The Labute approximate surface area is 161 Å². The molecule has 2 heterocycles. The van der Waals surface area contributed by atoms with Crippen molar-refractivity contribution in [2.75, 3.05) is 49.1 Å². The van der Waals surface area contributed by atoms with Gasteiger partial charge in [-0.2, -0.15) is 0 Å². The van der Waals surface area contributed by atoms with Crippen LogP contribution in [0.4, 0.5) is 5.69 Å². The van der Waals surface area contributed by atoms with Crippen LogP contribution in [0.5, 0.6) is 5.75 Å². The van der Waals surface area contributed by atoms with E-state index in [0.29, 0.717) is 13.0 Å².